The first-order valence-corrected chi connectivity index (χ1v) is 6.37. The molecule has 0 aromatic heterocycles. The molecule has 3 N–H and O–H groups in total. The van der Waals surface area contributed by atoms with Gasteiger partial charge in [-0.2, -0.15) is 0 Å². The maximum Gasteiger partial charge on any atom is 0.122 e. The lowest BCUT2D eigenvalue weighted by atomic mass is 10.1. The van der Waals surface area contributed by atoms with Gasteiger partial charge < -0.3 is 10.5 Å². The molecule has 1 fully saturated rings. The van der Waals surface area contributed by atoms with Gasteiger partial charge in [0.05, 0.1) is 6.10 Å². The van der Waals surface area contributed by atoms with Gasteiger partial charge in [0.25, 0.3) is 0 Å². The molecule has 1 aliphatic heterocycles. The average molecular weight is 247 g/mol. The summed E-state index contributed by atoms with van der Waals surface area (Å²) in [5.74, 6) is 0.130. The van der Waals surface area contributed by atoms with E-state index in [1.807, 2.05) is 18.2 Å². The van der Waals surface area contributed by atoms with Gasteiger partial charge in [-0.3, -0.25) is 10.3 Å². The first-order valence-electron chi connectivity index (χ1n) is 6.37. The maximum absolute atomic E-state index is 7.46. The Kier molecular flexibility index (Phi) is 4.33. The van der Waals surface area contributed by atoms with Gasteiger partial charge in [0.15, 0.2) is 0 Å². The SMILES string of the molecule is COC1CCCN(Cc2cccc(C(=N)N)c2)C1. The molecule has 0 radical (unpaired) electrons. The molecular weight excluding hydrogens is 226 g/mol. The van der Waals surface area contributed by atoms with Crippen molar-refractivity contribution in [3.8, 4) is 0 Å². The molecule has 18 heavy (non-hydrogen) atoms. The van der Waals surface area contributed by atoms with Crippen LogP contribution in [0.5, 0.6) is 0 Å². The second kappa shape index (κ2) is 5.98. The molecule has 1 saturated heterocycles. The number of methoxy groups -OCH3 is 1. The van der Waals surface area contributed by atoms with Crippen molar-refractivity contribution in [2.24, 2.45) is 5.73 Å². The Labute approximate surface area is 108 Å². The van der Waals surface area contributed by atoms with Gasteiger partial charge in [0.1, 0.15) is 5.84 Å². The lowest BCUT2D eigenvalue weighted by Gasteiger charge is -2.31. The fraction of sp³-hybridized carbons (Fsp3) is 0.500. The third-order valence-electron chi connectivity index (χ3n) is 3.44. The van der Waals surface area contributed by atoms with Gasteiger partial charge in [0.2, 0.25) is 0 Å². The smallest absolute Gasteiger partial charge is 0.122 e. The standard InChI is InChI=1S/C14H21N3O/c1-18-13-6-3-7-17(10-13)9-11-4-2-5-12(8-11)14(15)16/h2,4-5,8,13H,3,6-7,9-10H2,1H3,(H3,15,16). The van der Waals surface area contributed by atoms with E-state index < -0.39 is 0 Å². The van der Waals surface area contributed by atoms with Crippen LogP contribution in [0.25, 0.3) is 0 Å². The van der Waals surface area contributed by atoms with Crippen LogP contribution in [0.2, 0.25) is 0 Å². The highest BCUT2D eigenvalue weighted by Crippen LogP contribution is 2.16. The largest absolute Gasteiger partial charge is 0.384 e. The zero-order chi connectivity index (χ0) is 13.0. The Morgan fingerprint density at radius 1 is 1.56 bits per heavy atom. The van der Waals surface area contributed by atoms with Crippen LogP contribution in [-0.4, -0.2) is 37.0 Å². The number of nitrogens with zero attached hydrogens (tertiary/aromatic N) is 1. The average Bonchev–Trinajstić information content (AvgIpc) is 2.39. The van der Waals surface area contributed by atoms with Crippen molar-refractivity contribution in [1.82, 2.24) is 4.90 Å². The molecule has 1 aliphatic rings. The summed E-state index contributed by atoms with van der Waals surface area (Å²) in [6.07, 6.45) is 2.69. The number of nitrogen functional groups attached to an aromatic ring is 1. The number of ether oxygens (including phenoxy) is 1. The maximum atomic E-state index is 7.46. The predicted octanol–water partition coefficient (Wildman–Crippen LogP) is 1.58. The van der Waals surface area contributed by atoms with Crippen LogP contribution in [-0.2, 0) is 11.3 Å². The van der Waals surface area contributed by atoms with Crippen molar-refractivity contribution in [1.29, 1.82) is 5.41 Å². The minimum Gasteiger partial charge on any atom is -0.384 e. The molecule has 0 aliphatic carbocycles. The summed E-state index contributed by atoms with van der Waals surface area (Å²) in [7, 11) is 1.78. The van der Waals surface area contributed by atoms with Crippen molar-refractivity contribution in [2.45, 2.75) is 25.5 Å². The van der Waals surface area contributed by atoms with Crippen molar-refractivity contribution < 1.29 is 4.74 Å². The van der Waals surface area contributed by atoms with E-state index in [-0.39, 0.29) is 5.84 Å². The van der Waals surface area contributed by atoms with Crippen molar-refractivity contribution in [3.63, 3.8) is 0 Å². The van der Waals surface area contributed by atoms with E-state index >= 15 is 0 Å². The minimum absolute atomic E-state index is 0.130. The van der Waals surface area contributed by atoms with Gasteiger partial charge in [0, 0.05) is 25.8 Å². The van der Waals surface area contributed by atoms with Crippen LogP contribution in [0.15, 0.2) is 24.3 Å². The monoisotopic (exact) mass is 247 g/mol. The summed E-state index contributed by atoms with van der Waals surface area (Å²) >= 11 is 0. The topological polar surface area (TPSA) is 62.3 Å². The van der Waals surface area contributed by atoms with E-state index in [2.05, 4.69) is 11.0 Å². The van der Waals surface area contributed by atoms with E-state index in [0.717, 1.165) is 31.6 Å². The number of nitrogens with two attached hydrogens (primary N) is 1. The Morgan fingerprint density at radius 2 is 2.39 bits per heavy atom. The Hall–Kier alpha value is -1.39. The number of hydrogen-bond donors (Lipinski definition) is 2. The van der Waals surface area contributed by atoms with Crippen LogP contribution in [0.4, 0.5) is 0 Å². The zero-order valence-electron chi connectivity index (χ0n) is 10.9. The molecule has 2 rings (SSSR count). The van der Waals surface area contributed by atoms with E-state index in [4.69, 9.17) is 15.9 Å². The van der Waals surface area contributed by atoms with Crippen LogP contribution >= 0.6 is 0 Å². The summed E-state index contributed by atoms with van der Waals surface area (Å²) in [6.45, 7) is 3.01. The lowest BCUT2D eigenvalue weighted by Crippen LogP contribution is -2.38. The molecule has 1 atom stereocenters. The molecule has 98 valence electrons. The van der Waals surface area contributed by atoms with Crippen LogP contribution < -0.4 is 5.73 Å². The molecule has 1 heterocycles. The van der Waals surface area contributed by atoms with E-state index in [1.54, 1.807) is 7.11 Å². The van der Waals surface area contributed by atoms with Crippen LogP contribution in [0.1, 0.15) is 24.0 Å². The van der Waals surface area contributed by atoms with Crippen LogP contribution in [0, 0.1) is 5.41 Å². The normalized spacial score (nSPS) is 20.8. The number of rotatable bonds is 4. The summed E-state index contributed by atoms with van der Waals surface area (Å²) in [6, 6.07) is 7.92. The molecule has 0 bridgehead atoms. The Bertz CT molecular complexity index is 419. The molecule has 4 heteroatoms. The van der Waals surface area contributed by atoms with E-state index in [9.17, 15) is 0 Å². The highest BCUT2D eigenvalue weighted by atomic mass is 16.5. The highest BCUT2D eigenvalue weighted by Gasteiger charge is 2.19. The quantitative estimate of drug-likeness (QED) is 0.627. The van der Waals surface area contributed by atoms with Gasteiger partial charge >= 0.3 is 0 Å². The number of benzene rings is 1. The summed E-state index contributed by atoms with van der Waals surface area (Å²) < 4.78 is 5.43. The van der Waals surface area contributed by atoms with Crippen molar-refractivity contribution >= 4 is 5.84 Å². The first-order chi connectivity index (χ1) is 8.69. The van der Waals surface area contributed by atoms with Gasteiger partial charge in [-0.1, -0.05) is 18.2 Å². The molecule has 1 unspecified atom stereocenters. The van der Waals surface area contributed by atoms with Crippen LogP contribution in [0.3, 0.4) is 0 Å². The molecule has 0 saturated carbocycles. The summed E-state index contributed by atoms with van der Waals surface area (Å²) in [4.78, 5) is 2.40. The number of nitrogens with one attached hydrogen (secondary N) is 1. The lowest BCUT2D eigenvalue weighted by molar-refractivity contribution is 0.0285. The van der Waals surface area contributed by atoms with E-state index in [0.29, 0.717) is 6.10 Å². The number of amidine groups is 1. The molecule has 0 amide bonds. The number of likely N-dealkylation sites (tertiary alicyclic amines) is 1. The molecule has 1 aromatic carbocycles. The summed E-state index contributed by atoms with van der Waals surface area (Å²) in [5, 5.41) is 7.46. The number of hydrogen-bond acceptors (Lipinski definition) is 3. The van der Waals surface area contributed by atoms with Gasteiger partial charge in [-0.05, 0) is 31.0 Å². The molecular formula is C14H21N3O. The molecule has 0 spiro atoms. The highest BCUT2D eigenvalue weighted by molar-refractivity contribution is 5.95. The van der Waals surface area contributed by atoms with E-state index in [1.165, 1.54) is 12.0 Å². The minimum atomic E-state index is 0.130. The fourth-order valence-corrected chi connectivity index (χ4v) is 2.44. The number of piperidine rings is 1. The van der Waals surface area contributed by atoms with Crippen molar-refractivity contribution in [2.75, 3.05) is 20.2 Å². The van der Waals surface area contributed by atoms with Crippen molar-refractivity contribution in [3.05, 3.63) is 35.4 Å². The third kappa shape index (κ3) is 3.31. The molecule has 4 nitrogen and oxygen atoms in total. The van der Waals surface area contributed by atoms with Gasteiger partial charge in [-0.15, -0.1) is 0 Å². The predicted molar refractivity (Wildman–Crippen MR) is 72.8 cm³/mol. The zero-order valence-corrected chi connectivity index (χ0v) is 10.9. The Balaban J connectivity index is 2.00. The second-order valence-corrected chi connectivity index (χ2v) is 4.85. The summed E-state index contributed by atoms with van der Waals surface area (Å²) in [5.41, 5.74) is 7.52. The fourth-order valence-electron chi connectivity index (χ4n) is 2.44. The van der Waals surface area contributed by atoms with Gasteiger partial charge in [-0.25, -0.2) is 0 Å². The first kappa shape index (κ1) is 13.1. The molecule has 1 aromatic rings. The second-order valence-electron chi connectivity index (χ2n) is 4.85. The Morgan fingerprint density at radius 3 is 3.11 bits per heavy atom. The third-order valence-corrected chi connectivity index (χ3v) is 3.44.